The summed E-state index contributed by atoms with van der Waals surface area (Å²) in [6.07, 6.45) is 9.49. The van der Waals surface area contributed by atoms with Crippen LogP contribution >= 0.6 is 22.6 Å². The van der Waals surface area contributed by atoms with Crippen molar-refractivity contribution in [1.82, 2.24) is 0 Å². The Labute approximate surface area is 82.9 Å². The molecule has 0 radical (unpaired) electrons. The molecule has 0 aromatic rings. The van der Waals surface area contributed by atoms with Crippen molar-refractivity contribution in [2.75, 3.05) is 0 Å². The second-order valence-corrected chi connectivity index (χ2v) is 4.68. The quantitative estimate of drug-likeness (QED) is 0.458. The molecule has 0 saturated carbocycles. The summed E-state index contributed by atoms with van der Waals surface area (Å²) in [7, 11) is 0. The van der Waals surface area contributed by atoms with E-state index >= 15 is 0 Å². The molecule has 0 N–H and O–H groups in total. The van der Waals surface area contributed by atoms with E-state index in [1.54, 1.807) is 0 Å². The highest BCUT2D eigenvalue weighted by molar-refractivity contribution is 14.1. The maximum Gasteiger partial charge on any atom is -0.0128 e. The zero-order valence-corrected chi connectivity index (χ0v) is 9.34. The van der Waals surface area contributed by atoms with Gasteiger partial charge in [-0.1, -0.05) is 32.1 Å². The Hall–Kier alpha value is 0.210. The minimum absolute atomic E-state index is 0.707. The van der Waals surface area contributed by atoms with E-state index in [-0.39, 0.29) is 0 Å². The Balaban J connectivity index is 2.67. The largest absolute Gasteiger partial charge is 0.0879 e. The van der Waals surface area contributed by atoms with Gasteiger partial charge in [-0.25, -0.2) is 0 Å². The molecule has 1 heteroatoms. The number of halogens is 1. The van der Waals surface area contributed by atoms with E-state index in [0.717, 1.165) is 0 Å². The molecule has 1 aliphatic rings. The smallest absolute Gasteiger partial charge is 0.0128 e. The van der Waals surface area contributed by atoms with E-state index in [9.17, 15) is 0 Å². The second kappa shape index (κ2) is 4.29. The second-order valence-electron chi connectivity index (χ2n) is 3.30. The van der Waals surface area contributed by atoms with Crippen molar-refractivity contribution in [1.29, 1.82) is 0 Å². The summed E-state index contributed by atoms with van der Waals surface area (Å²) in [5.74, 6) is 1.42. The van der Waals surface area contributed by atoms with Gasteiger partial charge < -0.3 is 0 Å². The topological polar surface area (TPSA) is 0 Å². The van der Waals surface area contributed by atoms with Crippen molar-refractivity contribution in [2.45, 2.75) is 26.7 Å². The highest BCUT2D eigenvalue weighted by atomic mass is 127. The number of allylic oxidation sites excluding steroid dienone is 4. The lowest BCUT2D eigenvalue weighted by molar-refractivity contribution is 0.551. The van der Waals surface area contributed by atoms with Gasteiger partial charge in [0.05, 0.1) is 0 Å². The van der Waals surface area contributed by atoms with E-state index in [1.165, 1.54) is 16.4 Å². The Morgan fingerprint density at radius 3 is 2.82 bits per heavy atom. The third-order valence-corrected chi connectivity index (χ3v) is 3.16. The molecule has 0 bridgehead atoms. The third kappa shape index (κ3) is 2.97. The van der Waals surface area contributed by atoms with Crippen molar-refractivity contribution in [3.8, 4) is 0 Å². The maximum atomic E-state index is 2.45. The van der Waals surface area contributed by atoms with Crippen LogP contribution in [0.4, 0.5) is 0 Å². The summed E-state index contributed by atoms with van der Waals surface area (Å²) < 4.78 is 1.52. The van der Waals surface area contributed by atoms with Crippen molar-refractivity contribution in [3.05, 3.63) is 21.8 Å². The molecule has 2 unspecified atom stereocenters. The minimum Gasteiger partial charge on any atom is -0.0879 e. The normalized spacial score (nSPS) is 32.5. The van der Waals surface area contributed by atoms with Gasteiger partial charge in [-0.3, -0.25) is 0 Å². The number of rotatable bonds is 0. The fourth-order valence-corrected chi connectivity index (χ4v) is 2.11. The maximum absolute atomic E-state index is 2.45. The van der Waals surface area contributed by atoms with Crippen LogP contribution in [0.25, 0.3) is 0 Å². The van der Waals surface area contributed by atoms with Crippen LogP contribution in [0.2, 0.25) is 0 Å². The Bertz CT molecular complexity index is 179. The molecule has 0 fully saturated rings. The van der Waals surface area contributed by atoms with Gasteiger partial charge in [0.25, 0.3) is 0 Å². The molecule has 0 heterocycles. The summed E-state index contributed by atoms with van der Waals surface area (Å²) in [6.45, 7) is 4.58. The molecule has 0 aromatic heterocycles. The third-order valence-electron chi connectivity index (χ3n) is 2.26. The van der Waals surface area contributed by atoms with Crippen LogP contribution in [-0.2, 0) is 0 Å². The monoisotopic (exact) mass is 262 g/mol. The molecule has 0 saturated heterocycles. The number of hydrogen-bond acceptors (Lipinski definition) is 0. The molecule has 1 rings (SSSR count). The molecule has 0 aliphatic heterocycles. The van der Waals surface area contributed by atoms with E-state index in [2.05, 4.69) is 54.7 Å². The first-order chi connectivity index (χ1) is 5.20. The van der Waals surface area contributed by atoms with Crippen LogP contribution in [0.1, 0.15) is 26.7 Å². The predicted molar refractivity (Wildman–Crippen MR) is 58.8 cm³/mol. The van der Waals surface area contributed by atoms with Gasteiger partial charge in [0.1, 0.15) is 0 Å². The lowest BCUT2D eigenvalue weighted by Gasteiger charge is -2.15. The van der Waals surface area contributed by atoms with Crippen molar-refractivity contribution in [3.63, 3.8) is 0 Å². The van der Waals surface area contributed by atoms with Gasteiger partial charge in [-0.2, -0.15) is 0 Å². The molecule has 0 amide bonds. The van der Waals surface area contributed by atoms with Crippen LogP contribution in [-0.4, -0.2) is 0 Å². The Kier molecular flexibility index (Phi) is 3.63. The zero-order valence-electron chi connectivity index (χ0n) is 7.18. The van der Waals surface area contributed by atoms with Crippen LogP contribution in [0.5, 0.6) is 0 Å². The van der Waals surface area contributed by atoms with Crippen molar-refractivity contribution in [2.24, 2.45) is 11.8 Å². The Morgan fingerprint density at radius 1 is 1.36 bits per heavy atom. The van der Waals surface area contributed by atoms with Crippen molar-refractivity contribution >= 4 is 22.6 Å². The van der Waals surface area contributed by atoms with Gasteiger partial charge in [0.2, 0.25) is 0 Å². The first-order valence-electron chi connectivity index (χ1n) is 4.23. The van der Waals surface area contributed by atoms with Gasteiger partial charge in [0, 0.05) is 0 Å². The zero-order chi connectivity index (χ0) is 8.27. The van der Waals surface area contributed by atoms with Crippen LogP contribution in [0.3, 0.4) is 0 Å². The fourth-order valence-electron chi connectivity index (χ4n) is 1.23. The fraction of sp³-hybridized carbons (Fsp3) is 0.600. The average molecular weight is 262 g/mol. The van der Waals surface area contributed by atoms with Gasteiger partial charge in [-0.05, 0) is 50.8 Å². The predicted octanol–water partition coefficient (Wildman–Crippen LogP) is 3.93. The lowest BCUT2D eigenvalue weighted by atomic mass is 9.93. The summed E-state index contributed by atoms with van der Waals surface area (Å²) in [5, 5.41) is 0. The van der Waals surface area contributed by atoms with Gasteiger partial charge in [0.15, 0.2) is 0 Å². The van der Waals surface area contributed by atoms with E-state index in [4.69, 9.17) is 0 Å². The summed E-state index contributed by atoms with van der Waals surface area (Å²) in [4.78, 5) is 0. The highest BCUT2D eigenvalue weighted by Crippen LogP contribution is 2.24. The molecule has 0 nitrogen and oxygen atoms in total. The SMILES string of the molecule is CC1C=CCCC(I)=CC1C. The highest BCUT2D eigenvalue weighted by Gasteiger charge is 2.08. The van der Waals surface area contributed by atoms with Crippen LogP contribution in [0.15, 0.2) is 21.8 Å². The molecule has 11 heavy (non-hydrogen) atoms. The summed E-state index contributed by atoms with van der Waals surface area (Å²) >= 11 is 2.45. The molecule has 62 valence electrons. The van der Waals surface area contributed by atoms with Crippen LogP contribution < -0.4 is 0 Å². The first-order valence-corrected chi connectivity index (χ1v) is 5.31. The van der Waals surface area contributed by atoms with E-state index in [0.29, 0.717) is 11.8 Å². The molecular weight excluding hydrogens is 247 g/mol. The Morgan fingerprint density at radius 2 is 2.09 bits per heavy atom. The molecule has 1 aliphatic carbocycles. The molecule has 2 atom stereocenters. The van der Waals surface area contributed by atoms with Gasteiger partial charge in [-0.15, -0.1) is 0 Å². The number of hydrogen-bond donors (Lipinski definition) is 0. The van der Waals surface area contributed by atoms with E-state index in [1.807, 2.05) is 0 Å². The molecule has 0 aromatic carbocycles. The molecular formula is C10H15I. The van der Waals surface area contributed by atoms with Crippen LogP contribution in [0, 0.1) is 11.8 Å². The van der Waals surface area contributed by atoms with E-state index < -0.39 is 0 Å². The average Bonchev–Trinajstić information content (AvgIpc) is 1.95. The van der Waals surface area contributed by atoms with Crippen molar-refractivity contribution < 1.29 is 0 Å². The lowest BCUT2D eigenvalue weighted by Crippen LogP contribution is -2.03. The first kappa shape index (κ1) is 9.30. The minimum atomic E-state index is 0.707. The summed E-state index contributed by atoms with van der Waals surface area (Å²) in [5.41, 5.74) is 0. The molecule has 0 spiro atoms. The van der Waals surface area contributed by atoms with Gasteiger partial charge >= 0.3 is 0 Å². The summed E-state index contributed by atoms with van der Waals surface area (Å²) in [6, 6.07) is 0. The standard InChI is InChI=1S/C10H15I/c1-8-5-3-4-6-10(11)7-9(8)2/h3,5,7-9H,4,6H2,1-2H3.